The molecule has 5 atom stereocenters. The van der Waals surface area contributed by atoms with Gasteiger partial charge in [-0.05, 0) is 43.4 Å². The number of esters is 4. The maximum Gasteiger partial charge on any atom is 0.472 e. The molecule has 0 bridgehead atoms. The molecule has 468 valence electrons. The Balaban J connectivity index is 5.22. The van der Waals surface area contributed by atoms with Crippen LogP contribution in [0.5, 0.6) is 0 Å². The van der Waals surface area contributed by atoms with Crippen molar-refractivity contribution in [3.05, 3.63) is 0 Å². The van der Waals surface area contributed by atoms with Crippen molar-refractivity contribution in [3.8, 4) is 0 Å². The molecule has 0 aromatic carbocycles. The first-order valence-electron chi connectivity index (χ1n) is 31.3. The molecule has 19 heteroatoms. The van der Waals surface area contributed by atoms with Gasteiger partial charge in [0.25, 0.3) is 0 Å². The average Bonchev–Trinajstić information content (AvgIpc) is 3.39. The van der Waals surface area contributed by atoms with Crippen LogP contribution in [-0.4, -0.2) is 96.7 Å². The van der Waals surface area contributed by atoms with Crippen molar-refractivity contribution in [2.45, 2.75) is 304 Å². The lowest BCUT2D eigenvalue weighted by molar-refractivity contribution is -0.161. The minimum atomic E-state index is -4.94. The Morgan fingerprint density at radius 1 is 0.342 bits per heavy atom. The summed E-state index contributed by atoms with van der Waals surface area (Å²) in [4.78, 5) is 71.9. The smallest absolute Gasteiger partial charge is 0.462 e. The number of aliphatic hydroxyl groups excluding tert-OH is 1. The monoisotopic (exact) mass is 1170 g/mol. The molecule has 0 rings (SSSR count). The highest BCUT2D eigenvalue weighted by Crippen LogP contribution is 2.45. The minimum Gasteiger partial charge on any atom is -0.462 e. The molecule has 0 amide bonds. The van der Waals surface area contributed by atoms with E-state index in [1.165, 1.54) is 83.5 Å². The maximum absolute atomic E-state index is 12.9. The van der Waals surface area contributed by atoms with Gasteiger partial charge in [-0.25, -0.2) is 9.13 Å². The molecule has 79 heavy (non-hydrogen) atoms. The van der Waals surface area contributed by atoms with Gasteiger partial charge in [0.1, 0.15) is 19.3 Å². The van der Waals surface area contributed by atoms with E-state index < -0.39 is 97.5 Å². The van der Waals surface area contributed by atoms with Gasteiger partial charge >= 0.3 is 39.5 Å². The van der Waals surface area contributed by atoms with Gasteiger partial charge in [-0.3, -0.25) is 37.3 Å². The SMILES string of the molecule is CCCCCCCCCCC(=O)OC[C@H](COP(=O)(O)OC[C@H](O)COP(=O)(O)OC[C@@H](COC(=O)CCCCCCCCC(C)C)OC(=O)CCCCCCCCCCCCC(C)C)OC(=O)CCCCCCCCC(C)C. The fourth-order valence-corrected chi connectivity index (χ4v) is 10.4. The zero-order valence-electron chi connectivity index (χ0n) is 50.8. The molecule has 0 aromatic rings. The van der Waals surface area contributed by atoms with Crippen LogP contribution in [0.2, 0.25) is 0 Å². The summed E-state index contributed by atoms with van der Waals surface area (Å²) in [5, 5.41) is 10.5. The Morgan fingerprint density at radius 3 is 0.861 bits per heavy atom. The van der Waals surface area contributed by atoms with Crippen LogP contribution in [-0.2, 0) is 65.4 Å². The minimum absolute atomic E-state index is 0.101. The maximum atomic E-state index is 12.9. The van der Waals surface area contributed by atoms with Crippen LogP contribution in [0, 0.1) is 17.8 Å². The molecule has 0 aliphatic heterocycles. The number of phosphoric ester groups is 2. The van der Waals surface area contributed by atoms with Crippen molar-refractivity contribution in [1.29, 1.82) is 0 Å². The van der Waals surface area contributed by atoms with Gasteiger partial charge < -0.3 is 33.8 Å². The highest BCUT2D eigenvalue weighted by molar-refractivity contribution is 7.47. The van der Waals surface area contributed by atoms with Crippen molar-refractivity contribution in [2.75, 3.05) is 39.6 Å². The van der Waals surface area contributed by atoms with Crippen LogP contribution in [0.4, 0.5) is 0 Å². The Hall–Kier alpha value is -1.94. The second-order valence-electron chi connectivity index (χ2n) is 23.2. The molecule has 0 saturated heterocycles. The summed E-state index contributed by atoms with van der Waals surface area (Å²) < 4.78 is 67.7. The summed E-state index contributed by atoms with van der Waals surface area (Å²) in [6.07, 6.45) is 31.1. The van der Waals surface area contributed by atoms with E-state index in [0.717, 1.165) is 109 Å². The molecule has 0 aliphatic rings. The Morgan fingerprint density at radius 2 is 0.582 bits per heavy atom. The van der Waals surface area contributed by atoms with Gasteiger partial charge in [0, 0.05) is 25.7 Å². The fraction of sp³-hybridized carbons (Fsp3) is 0.933. The van der Waals surface area contributed by atoms with Crippen LogP contribution >= 0.6 is 15.6 Å². The summed E-state index contributed by atoms with van der Waals surface area (Å²) in [7, 11) is -9.88. The molecule has 0 fully saturated rings. The molecule has 0 radical (unpaired) electrons. The van der Waals surface area contributed by atoms with Crippen LogP contribution < -0.4 is 0 Å². The van der Waals surface area contributed by atoms with Crippen molar-refractivity contribution < 1.29 is 80.2 Å². The highest BCUT2D eigenvalue weighted by atomic mass is 31.2. The van der Waals surface area contributed by atoms with E-state index in [-0.39, 0.29) is 25.7 Å². The number of phosphoric acid groups is 2. The summed E-state index contributed by atoms with van der Waals surface area (Å²) in [6.45, 7) is 11.5. The molecule has 17 nitrogen and oxygen atoms in total. The molecule has 0 heterocycles. The third-order valence-electron chi connectivity index (χ3n) is 13.6. The zero-order chi connectivity index (χ0) is 58.8. The number of carbonyl (C=O) groups excluding carboxylic acids is 4. The fourth-order valence-electron chi connectivity index (χ4n) is 8.77. The Kier molecular flexibility index (Phi) is 50.4. The molecule has 0 aromatic heterocycles. The van der Waals surface area contributed by atoms with Crippen LogP contribution in [0.3, 0.4) is 0 Å². The van der Waals surface area contributed by atoms with E-state index in [0.29, 0.717) is 37.5 Å². The van der Waals surface area contributed by atoms with E-state index >= 15 is 0 Å². The van der Waals surface area contributed by atoms with Crippen molar-refractivity contribution >= 4 is 39.5 Å². The Bertz CT molecular complexity index is 1580. The van der Waals surface area contributed by atoms with Gasteiger partial charge in [0.2, 0.25) is 0 Å². The number of hydrogen-bond donors (Lipinski definition) is 3. The number of carbonyl (C=O) groups is 4. The lowest BCUT2D eigenvalue weighted by atomic mass is 10.0. The molecular weight excluding hydrogens is 1050 g/mol. The van der Waals surface area contributed by atoms with Gasteiger partial charge in [0.15, 0.2) is 12.2 Å². The zero-order valence-corrected chi connectivity index (χ0v) is 52.6. The van der Waals surface area contributed by atoms with Gasteiger partial charge in [0.05, 0.1) is 26.4 Å². The number of hydrogen-bond acceptors (Lipinski definition) is 15. The van der Waals surface area contributed by atoms with E-state index in [1.807, 2.05) is 0 Å². The largest absolute Gasteiger partial charge is 0.472 e. The summed E-state index contributed by atoms with van der Waals surface area (Å²) in [5.74, 6) is -0.0485. The number of aliphatic hydroxyl groups is 1. The quantitative estimate of drug-likeness (QED) is 0.0222. The first-order valence-corrected chi connectivity index (χ1v) is 34.3. The molecule has 0 spiro atoms. The summed E-state index contributed by atoms with van der Waals surface area (Å²) >= 11 is 0. The number of unbranched alkanes of at least 4 members (excludes halogenated alkanes) is 26. The van der Waals surface area contributed by atoms with E-state index in [1.54, 1.807) is 0 Å². The van der Waals surface area contributed by atoms with E-state index in [4.69, 9.17) is 37.0 Å². The third-order valence-corrected chi connectivity index (χ3v) is 15.5. The summed E-state index contributed by atoms with van der Waals surface area (Å²) in [5.41, 5.74) is 0. The lowest BCUT2D eigenvalue weighted by Gasteiger charge is -2.21. The second kappa shape index (κ2) is 51.7. The first kappa shape index (κ1) is 77.1. The predicted molar refractivity (Wildman–Crippen MR) is 312 cm³/mol. The van der Waals surface area contributed by atoms with Gasteiger partial charge in [-0.1, -0.05) is 235 Å². The lowest BCUT2D eigenvalue weighted by Crippen LogP contribution is -2.30. The van der Waals surface area contributed by atoms with Crippen LogP contribution in [0.25, 0.3) is 0 Å². The van der Waals surface area contributed by atoms with Gasteiger partial charge in [-0.2, -0.15) is 0 Å². The first-order chi connectivity index (χ1) is 37.7. The second-order valence-corrected chi connectivity index (χ2v) is 26.1. The van der Waals surface area contributed by atoms with Crippen molar-refractivity contribution in [3.63, 3.8) is 0 Å². The summed E-state index contributed by atoms with van der Waals surface area (Å²) in [6, 6.07) is 0. The molecule has 2 unspecified atom stereocenters. The third kappa shape index (κ3) is 55.0. The molecule has 0 saturated carbocycles. The highest BCUT2D eigenvalue weighted by Gasteiger charge is 2.30. The van der Waals surface area contributed by atoms with Crippen LogP contribution in [0.1, 0.15) is 286 Å². The standard InChI is InChI=1S/C60H116O17P2/c1-8-9-10-11-12-18-27-34-41-57(62)70-47-56(77-60(65)44-37-30-23-21-26-33-40-53(6)7)50-75-79(68,69)73-46-54(61)45-72-78(66,67)74-49-55(48-71-58(63)42-35-28-22-20-25-32-39-52(4)5)76-59(64)43-36-29-19-16-14-13-15-17-24-31-38-51(2)3/h51-56,61H,8-50H2,1-7H3,(H,66,67)(H,68,69)/t54-,55-,56-/m1/s1. The molecular formula is C60H116O17P2. The average molecular weight is 1170 g/mol. The Labute approximate surface area is 479 Å². The number of ether oxygens (including phenoxy) is 4. The molecule has 0 aliphatic carbocycles. The van der Waals surface area contributed by atoms with Crippen molar-refractivity contribution in [1.82, 2.24) is 0 Å². The predicted octanol–water partition coefficient (Wildman–Crippen LogP) is 15.9. The topological polar surface area (TPSA) is 237 Å². The van der Waals surface area contributed by atoms with E-state index in [2.05, 4.69) is 48.5 Å². The van der Waals surface area contributed by atoms with Gasteiger partial charge in [-0.15, -0.1) is 0 Å². The number of rotatable bonds is 58. The van der Waals surface area contributed by atoms with Crippen LogP contribution in [0.15, 0.2) is 0 Å². The van der Waals surface area contributed by atoms with E-state index in [9.17, 15) is 43.2 Å². The normalized spacial score (nSPS) is 14.5. The molecule has 3 N–H and O–H groups in total. The van der Waals surface area contributed by atoms with Crippen molar-refractivity contribution in [2.24, 2.45) is 17.8 Å².